The van der Waals surface area contributed by atoms with Crippen molar-refractivity contribution in [2.45, 2.75) is 17.9 Å². The molecule has 3 rings (SSSR count). The van der Waals surface area contributed by atoms with Crippen LogP contribution in [0.25, 0.3) is 11.0 Å². The first-order valence-electron chi connectivity index (χ1n) is 7.17. The predicted octanol–water partition coefficient (Wildman–Crippen LogP) is 2.14. The van der Waals surface area contributed by atoms with Crippen molar-refractivity contribution >= 4 is 44.4 Å². The number of nitrogens with one attached hydrogen (secondary N) is 2. The van der Waals surface area contributed by atoms with Gasteiger partial charge in [-0.25, -0.2) is 12.8 Å². The van der Waals surface area contributed by atoms with E-state index in [0.29, 0.717) is 5.52 Å². The second-order valence-electron chi connectivity index (χ2n) is 5.23. The predicted molar refractivity (Wildman–Crippen MR) is 92.2 cm³/mol. The number of amides is 1. The largest absolute Gasteiger partial charge is 0.325 e. The number of halogens is 1. The van der Waals surface area contributed by atoms with Crippen molar-refractivity contribution in [1.82, 2.24) is 13.5 Å². The molecule has 7 nitrogen and oxygen atoms in total. The molecule has 130 valence electrons. The highest BCUT2D eigenvalue weighted by Crippen LogP contribution is 2.21. The SMILES string of the molecule is C[C@H](NS(=O)(=O)c1cccc2nsnc12)C(=O)Nc1cccc(F)c1. The van der Waals surface area contributed by atoms with Crippen LogP contribution in [0.15, 0.2) is 47.4 Å². The van der Waals surface area contributed by atoms with Crippen LogP contribution in [-0.2, 0) is 14.8 Å². The van der Waals surface area contributed by atoms with Gasteiger partial charge in [-0.2, -0.15) is 13.5 Å². The zero-order valence-electron chi connectivity index (χ0n) is 12.9. The Bertz CT molecular complexity index is 1040. The molecule has 1 heterocycles. The first kappa shape index (κ1) is 17.4. The third-order valence-electron chi connectivity index (χ3n) is 3.36. The molecular weight excluding hydrogens is 367 g/mol. The number of rotatable bonds is 5. The maximum Gasteiger partial charge on any atom is 0.243 e. The summed E-state index contributed by atoms with van der Waals surface area (Å²) in [5, 5.41) is 2.46. The van der Waals surface area contributed by atoms with Gasteiger partial charge < -0.3 is 5.32 Å². The fourth-order valence-corrected chi connectivity index (χ4v) is 4.13. The highest BCUT2D eigenvalue weighted by Gasteiger charge is 2.25. The lowest BCUT2D eigenvalue weighted by molar-refractivity contribution is -0.117. The second kappa shape index (κ2) is 6.82. The summed E-state index contributed by atoms with van der Waals surface area (Å²) in [7, 11) is -3.98. The number of carbonyl (C=O) groups is 1. The lowest BCUT2D eigenvalue weighted by atomic mass is 10.3. The van der Waals surface area contributed by atoms with E-state index in [1.165, 1.54) is 31.2 Å². The number of carbonyl (C=O) groups excluding carboxylic acids is 1. The van der Waals surface area contributed by atoms with Crippen molar-refractivity contribution in [1.29, 1.82) is 0 Å². The van der Waals surface area contributed by atoms with Gasteiger partial charge >= 0.3 is 0 Å². The zero-order valence-corrected chi connectivity index (χ0v) is 14.6. The van der Waals surface area contributed by atoms with Crippen LogP contribution in [0, 0.1) is 5.82 Å². The minimum absolute atomic E-state index is 0.0517. The van der Waals surface area contributed by atoms with E-state index in [2.05, 4.69) is 18.8 Å². The van der Waals surface area contributed by atoms with Crippen molar-refractivity contribution in [2.24, 2.45) is 0 Å². The molecule has 0 spiro atoms. The minimum Gasteiger partial charge on any atom is -0.325 e. The Morgan fingerprint density at radius 2 is 1.96 bits per heavy atom. The summed E-state index contributed by atoms with van der Waals surface area (Å²) < 4.78 is 48.5. The molecule has 0 radical (unpaired) electrons. The molecule has 0 aliphatic heterocycles. The lowest BCUT2D eigenvalue weighted by Gasteiger charge is -2.14. The zero-order chi connectivity index (χ0) is 18.0. The van der Waals surface area contributed by atoms with Crippen molar-refractivity contribution in [3.05, 3.63) is 48.3 Å². The van der Waals surface area contributed by atoms with Gasteiger partial charge in [0.1, 0.15) is 21.7 Å². The van der Waals surface area contributed by atoms with Gasteiger partial charge in [0.15, 0.2) is 0 Å². The third kappa shape index (κ3) is 3.81. The molecule has 1 amide bonds. The molecule has 0 bridgehead atoms. The van der Waals surface area contributed by atoms with E-state index < -0.39 is 27.8 Å². The summed E-state index contributed by atoms with van der Waals surface area (Å²) in [4.78, 5) is 12.1. The molecule has 25 heavy (non-hydrogen) atoms. The van der Waals surface area contributed by atoms with Crippen molar-refractivity contribution in [2.75, 3.05) is 5.32 Å². The van der Waals surface area contributed by atoms with Gasteiger partial charge in [-0.05, 0) is 37.3 Å². The number of fused-ring (bicyclic) bond motifs is 1. The number of anilines is 1. The van der Waals surface area contributed by atoms with Crippen molar-refractivity contribution in [3.8, 4) is 0 Å². The van der Waals surface area contributed by atoms with Crippen LogP contribution in [-0.4, -0.2) is 29.1 Å². The van der Waals surface area contributed by atoms with Crippen molar-refractivity contribution < 1.29 is 17.6 Å². The highest BCUT2D eigenvalue weighted by molar-refractivity contribution is 7.89. The fraction of sp³-hybridized carbons (Fsp3) is 0.133. The molecule has 0 unspecified atom stereocenters. The Kier molecular flexibility index (Phi) is 4.75. The van der Waals surface area contributed by atoms with Gasteiger partial charge in [-0.15, -0.1) is 0 Å². The molecule has 3 aromatic rings. The van der Waals surface area contributed by atoms with Gasteiger partial charge in [0.25, 0.3) is 0 Å². The van der Waals surface area contributed by atoms with Gasteiger partial charge in [-0.3, -0.25) is 4.79 Å². The van der Waals surface area contributed by atoms with Crippen molar-refractivity contribution in [3.63, 3.8) is 0 Å². The molecule has 1 atom stereocenters. The number of hydrogen-bond acceptors (Lipinski definition) is 6. The van der Waals surface area contributed by atoms with Crippen LogP contribution in [0.5, 0.6) is 0 Å². The van der Waals surface area contributed by atoms with Gasteiger partial charge in [0.2, 0.25) is 15.9 Å². The summed E-state index contributed by atoms with van der Waals surface area (Å²) in [6, 6.07) is 8.84. The van der Waals surface area contributed by atoms with Gasteiger partial charge in [-0.1, -0.05) is 12.1 Å². The normalized spacial score (nSPS) is 12.9. The summed E-state index contributed by atoms with van der Waals surface area (Å²) in [6.07, 6.45) is 0. The minimum atomic E-state index is -3.98. The number of hydrogen-bond donors (Lipinski definition) is 2. The summed E-state index contributed by atoms with van der Waals surface area (Å²) in [6.45, 7) is 1.39. The average molecular weight is 380 g/mol. The number of aromatic nitrogens is 2. The van der Waals surface area contributed by atoms with E-state index in [0.717, 1.165) is 17.8 Å². The van der Waals surface area contributed by atoms with E-state index >= 15 is 0 Å². The van der Waals surface area contributed by atoms with Crippen LogP contribution >= 0.6 is 11.7 Å². The fourth-order valence-electron chi connectivity index (χ4n) is 2.16. The molecule has 0 aliphatic rings. The Labute approximate surface area is 147 Å². The van der Waals surface area contributed by atoms with E-state index in [4.69, 9.17) is 0 Å². The van der Waals surface area contributed by atoms with E-state index in [9.17, 15) is 17.6 Å². The highest BCUT2D eigenvalue weighted by atomic mass is 32.2. The van der Waals surface area contributed by atoms with Crippen LogP contribution in [0.1, 0.15) is 6.92 Å². The Morgan fingerprint density at radius 3 is 2.72 bits per heavy atom. The molecule has 10 heteroatoms. The molecule has 2 N–H and O–H groups in total. The van der Waals surface area contributed by atoms with E-state index in [1.54, 1.807) is 12.1 Å². The standard InChI is InChI=1S/C15H13FN4O3S2/c1-9(15(21)17-11-5-2-4-10(16)8-11)20-25(22,23)13-7-3-6-12-14(13)19-24-18-12/h2-9,20H,1H3,(H,17,21)/t9-/m0/s1. The third-order valence-corrected chi connectivity index (χ3v) is 5.47. The van der Waals surface area contributed by atoms with Gasteiger partial charge in [0, 0.05) is 5.69 Å². The lowest BCUT2D eigenvalue weighted by Crippen LogP contribution is -2.41. The first-order valence-corrected chi connectivity index (χ1v) is 9.38. The monoisotopic (exact) mass is 380 g/mol. The smallest absolute Gasteiger partial charge is 0.243 e. The molecule has 0 aliphatic carbocycles. The summed E-state index contributed by atoms with van der Waals surface area (Å²) in [5.74, 6) is -1.12. The second-order valence-corrected chi connectivity index (χ2v) is 7.44. The molecule has 0 saturated carbocycles. The molecule has 0 fully saturated rings. The maximum absolute atomic E-state index is 13.2. The van der Waals surface area contributed by atoms with Crippen LogP contribution in [0.4, 0.5) is 10.1 Å². The quantitative estimate of drug-likeness (QED) is 0.706. The molecule has 1 aromatic heterocycles. The van der Waals surface area contributed by atoms with Crippen LogP contribution in [0.3, 0.4) is 0 Å². The number of benzene rings is 2. The number of nitrogens with zero attached hydrogens (tertiary/aromatic N) is 2. The first-order chi connectivity index (χ1) is 11.9. The summed E-state index contributed by atoms with van der Waals surface area (Å²) in [5.41, 5.74) is 0.948. The Hall–Kier alpha value is -2.43. The number of sulfonamides is 1. The van der Waals surface area contributed by atoms with E-state index in [-0.39, 0.29) is 16.1 Å². The average Bonchev–Trinajstić information content (AvgIpc) is 3.02. The topological polar surface area (TPSA) is 101 Å². The van der Waals surface area contributed by atoms with Crippen LogP contribution in [0.2, 0.25) is 0 Å². The Morgan fingerprint density at radius 1 is 1.20 bits per heavy atom. The summed E-state index contributed by atoms with van der Waals surface area (Å²) >= 11 is 0.904. The molecule has 2 aromatic carbocycles. The Balaban J connectivity index is 1.78. The molecular formula is C15H13FN4O3S2. The molecule has 0 saturated heterocycles. The van der Waals surface area contributed by atoms with E-state index in [1.807, 2.05) is 0 Å². The van der Waals surface area contributed by atoms with Crippen LogP contribution < -0.4 is 10.0 Å². The van der Waals surface area contributed by atoms with Gasteiger partial charge in [0.05, 0.1) is 17.8 Å². The maximum atomic E-state index is 13.2.